The van der Waals surface area contributed by atoms with E-state index in [1.807, 2.05) is 0 Å². The third kappa shape index (κ3) is 8.38. The standard InChI is InChI=1S/C6H18N2O6P2/c1-8(5-3-2-4-7)6(13-15(9)10)14-16(11)12/h6,15-16H,2-5,7H2,1H3,(H,9,10)(H,11,12). The minimum atomic E-state index is -3.23. The van der Waals surface area contributed by atoms with E-state index >= 15 is 0 Å². The molecule has 16 heavy (non-hydrogen) atoms. The van der Waals surface area contributed by atoms with Crippen LogP contribution in [0.5, 0.6) is 0 Å². The topological polar surface area (TPSA) is 122 Å². The highest BCUT2D eigenvalue weighted by Crippen LogP contribution is 2.27. The Balaban J connectivity index is 4.14. The molecule has 0 aromatic heterocycles. The van der Waals surface area contributed by atoms with Crippen LogP contribution in [-0.2, 0) is 18.2 Å². The lowest BCUT2D eigenvalue weighted by Crippen LogP contribution is -2.34. The van der Waals surface area contributed by atoms with E-state index in [1.54, 1.807) is 7.05 Å². The molecule has 8 nitrogen and oxygen atoms in total. The molecule has 2 unspecified atom stereocenters. The Labute approximate surface area is 95.2 Å². The third-order valence-corrected chi connectivity index (χ3v) is 2.53. The maximum absolute atomic E-state index is 10.5. The molecule has 0 aliphatic carbocycles. The van der Waals surface area contributed by atoms with Crippen molar-refractivity contribution in [3.05, 3.63) is 0 Å². The molecule has 0 aromatic carbocycles. The molecule has 0 heterocycles. The highest BCUT2D eigenvalue weighted by molar-refractivity contribution is 7.32. The summed E-state index contributed by atoms with van der Waals surface area (Å²) >= 11 is 0. The second-order valence-corrected chi connectivity index (χ2v) is 4.59. The van der Waals surface area contributed by atoms with Gasteiger partial charge in [0, 0.05) is 6.54 Å². The van der Waals surface area contributed by atoms with Crippen LogP contribution in [0.15, 0.2) is 0 Å². The number of hydrogen-bond donors (Lipinski definition) is 3. The summed E-state index contributed by atoms with van der Waals surface area (Å²) < 4.78 is 30.0. The molecule has 0 saturated carbocycles. The van der Waals surface area contributed by atoms with Crippen molar-refractivity contribution in [2.45, 2.75) is 19.3 Å². The lowest BCUT2D eigenvalue weighted by atomic mass is 10.3. The summed E-state index contributed by atoms with van der Waals surface area (Å²) in [5.74, 6) is 0. The first-order chi connectivity index (χ1) is 7.47. The largest absolute Gasteiger partial charge is 0.330 e. The van der Waals surface area contributed by atoms with Crippen LogP contribution < -0.4 is 5.73 Å². The van der Waals surface area contributed by atoms with E-state index < -0.39 is 22.9 Å². The Kier molecular flexibility index (Phi) is 9.40. The lowest BCUT2D eigenvalue weighted by Gasteiger charge is -2.25. The fourth-order valence-electron chi connectivity index (χ4n) is 0.987. The molecule has 10 heteroatoms. The normalized spacial score (nSPS) is 17.3. The van der Waals surface area contributed by atoms with E-state index in [9.17, 15) is 9.13 Å². The van der Waals surface area contributed by atoms with Crippen molar-refractivity contribution in [2.75, 3.05) is 20.1 Å². The van der Waals surface area contributed by atoms with Gasteiger partial charge in [-0.2, -0.15) is 0 Å². The van der Waals surface area contributed by atoms with Gasteiger partial charge in [-0.25, -0.2) is 0 Å². The van der Waals surface area contributed by atoms with Gasteiger partial charge in [0.1, 0.15) is 0 Å². The molecule has 0 aliphatic rings. The van der Waals surface area contributed by atoms with Crippen LogP contribution >= 0.6 is 16.5 Å². The highest BCUT2D eigenvalue weighted by Gasteiger charge is 2.19. The summed E-state index contributed by atoms with van der Waals surface area (Å²) in [7, 11) is -4.90. The van der Waals surface area contributed by atoms with Gasteiger partial charge in [0.25, 0.3) is 0 Å². The quantitative estimate of drug-likeness (QED) is 0.299. The van der Waals surface area contributed by atoms with Crippen LogP contribution in [0.3, 0.4) is 0 Å². The summed E-state index contributed by atoms with van der Waals surface area (Å²) in [5, 5.41) is 0. The Morgan fingerprint density at radius 2 is 1.75 bits per heavy atom. The van der Waals surface area contributed by atoms with E-state index in [0.717, 1.165) is 12.8 Å². The van der Waals surface area contributed by atoms with Gasteiger partial charge in [0.05, 0.1) is 0 Å². The van der Waals surface area contributed by atoms with Crippen molar-refractivity contribution in [2.24, 2.45) is 5.73 Å². The number of nitrogens with two attached hydrogens (primary N) is 1. The van der Waals surface area contributed by atoms with E-state index in [4.69, 9.17) is 15.5 Å². The number of unbranched alkanes of at least 4 members (excludes halogenated alkanes) is 1. The molecular weight excluding hydrogens is 258 g/mol. The van der Waals surface area contributed by atoms with Crippen LogP contribution in [0.2, 0.25) is 0 Å². The number of hydrogen-bond acceptors (Lipinski definition) is 6. The van der Waals surface area contributed by atoms with Gasteiger partial charge in [-0.15, -0.1) is 0 Å². The molecule has 0 radical (unpaired) electrons. The lowest BCUT2D eigenvalue weighted by molar-refractivity contribution is -0.106. The molecular formula is C6H18N2O6P2. The van der Waals surface area contributed by atoms with E-state index in [0.29, 0.717) is 13.1 Å². The molecule has 0 aliphatic heterocycles. The molecule has 0 aromatic rings. The molecule has 98 valence electrons. The predicted molar refractivity (Wildman–Crippen MR) is 59.3 cm³/mol. The molecule has 0 bridgehead atoms. The van der Waals surface area contributed by atoms with Crippen LogP contribution in [0, 0.1) is 0 Å². The van der Waals surface area contributed by atoms with Gasteiger partial charge in [-0.05, 0) is 26.4 Å². The van der Waals surface area contributed by atoms with Crippen molar-refractivity contribution >= 4 is 16.5 Å². The summed E-state index contributed by atoms with van der Waals surface area (Å²) in [6.45, 7) is 1.01. The molecule has 4 N–H and O–H groups in total. The van der Waals surface area contributed by atoms with Crippen molar-refractivity contribution in [1.29, 1.82) is 0 Å². The first-order valence-corrected chi connectivity index (χ1v) is 7.19. The number of rotatable bonds is 9. The summed E-state index contributed by atoms with van der Waals surface area (Å²) in [5.41, 5.74) is 5.30. The average Bonchev–Trinajstić information content (AvgIpc) is 2.15. The predicted octanol–water partition coefficient (Wildman–Crippen LogP) is -0.262. The van der Waals surface area contributed by atoms with E-state index in [2.05, 4.69) is 9.05 Å². The summed E-state index contributed by atoms with van der Waals surface area (Å²) in [4.78, 5) is 18.6. The Morgan fingerprint density at radius 1 is 1.25 bits per heavy atom. The van der Waals surface area contributed by atoms with Gasteiger partial charge >= 0.3 is 16.5 Å². The molecule has 0 saturated heterocycles. The summed E-state index contributed by atoms with van der Waals surface area (Å²) in [6, 6.07) is 0. The Hall–Kier alpha value is 0.220. The molecule has 0 fully saturated rings. The maximum atomic E-state index is 10.5. The van der Waals surface area contributed by atoms with Gasteiger partial charge < -0.3 is 15.5 Å². The van der Waals surface area contributed by atoms with E-state index in [-0.39, 0.29) is 0 Å². The van der Waals surface area contributed by atoms with Crippen molar-refractivity contribution < 1.29 is 28.0 Å². The van der Waals surface area contributed by atoms with Crippen LogP contribution in [0.25, 0.3) is 0 Å². The van der Waals surface area contributed by atoms with Gasteiger partial charge in [0.2, 0.25) is 6.41 Å². The average molecular weight is 276 g/mol. The Morgan fingerprint density at radius 3 is 2.12 bits per heavy atom. The van der Waals surface area contributed by atoms with Crippen molar-refractivity contribution in [1.82, 2.24) is 4.90 Å². The third-order valence-electron chi connectivity index (χ3n) is 1.73. The second-order valence-electron chi connectivity index (χ2n) is 3.05. The van der Waals surface area contributed by atoms with Crippen LogP contribution in [0.1, 0.15) is 12.8 Å². The zero-order chi connectivity index (χ0) is 12.6. The number of nitrogens with zero attached hydrogens (tertiary/aromatic N) is 1. The van der Waals surface area contributed by atoms with Gasteiger partial charge in [-0.1, -0.05) is 0 Å². The molecule has 0 amide bonds. The van der Waals surface area contributed by atoms with Crippen LogP contribution in [0.4, 0.5) is 0 Å². The zero-order valence-electron chi connectivity index (χ0n) is 8.96. The monoisotopic (exact) mass is 276 g/mol. The van der Waals surface area contributed by atoms with Crippen molar-refractivity contribution in [3.63, 3.8) is 0 Å². The maximum Gasteiger partial charge on any atom is 0.319 e. The fourth-order valence-corrected chi connectivity index (χ4v) is 1.88. The first-order valence-electron chi connectivity index (χ1n) is 4.67. The van der Waals surface area contributed by atoms with Gasteiger partial charge in [0.15, 0.2) is 0 Å². The van der Waals surface area contributed by atoms with Crippen LogP contribution in [-0.4, -0.2) is 41.2 Å². The minimum absolute atomic E-state index is 0.478. The fraction of sp³-hybridized carbons (Fsp3) is 1.00. The SMILES string of the molecule is CN(CCCCN)C(O[PH](=O)O)O[PH](=O)O. The second kappa shape index (κ2) is 9.27. The first kappa shape index (κ1) is 16.2. The molecule has 0 spiro atoms. The van der Waals surface area contributed by atoms with E-state index in [1.165, 1.54) is 4.90 Å². The highest BCUT2D eigenvalue weighted by atomic mass is 31.1. The zero-order valence-corrected chi connectivity index (χ0v) is 11.0. The Bertz CT molecular complexity index is 225. The smallest absolute Gasteiger partial charge is 0.319 e. The van der Waals surface area contributed by atoms with Crippen molar-refractivity contribution in [3.8, 4) is 0 Å². The van der Waals surface area contributed by atoms with Gasteiger partial charge in [-0.3, -0.25) is 23.1 Å². The minimum Gasteiger partial charge on any atom is -0.330 e. The molecule has 2 atom stereocenters. The molecule has 0 rings (SSSR count). The summed E-state index contributed by atoms with van der Waals surface area (Å²) in [6.07, 6.45) is 0.222.